The highest BCUT2D eigenvalue weighted by Crippen LogP contribution is 2.36. The second-order valence-electron chi connectivity index (χ2n) is 7.85. The van der Waals surface area contributed by atoms with E-state index in [4.69, 9.17) is 13.9 Å². The van der Waals surface area contributed by atoms with Gasteiger partial charge in [-0.1, -0.05) is 12.1 Å². The Balaban J connectivity index is 1.92. The number of anilines is 1. The van der Waals surface area contributed by atoms with Crippen molar-refractivity contribution in [2.45, 2.75) is 0 Å². The van der Waals surface area contributed by atoms with E-state index in [1.165, 1.54) is 37.6 Å². The Kier molecular flexibility index (Phi) is 8.10. The lowest BCUT2D eigenvalue weighted by molar-refractivity contribution is 0.0513. The number of hydrogen-bond acceptors (Lipinski definition) is 7. The Labute approximate surface area is 217 Å². The van der Waals surface area contributed by atoms with Gasteiger partial charge in [0.1, 0.15) is 23.2 Å². The van der Waals surface area contributed by atoms with Gasteiger partial charge in [-0.3, -0.25) is 9.59 Å². The van der Waals surface area contributed by atoms with Crippen LogP contribution in [0.4, 0.5) is 10.2 Å². The Morgan fingerprint density at radius 1 is 1.11 bits per heavy atom. The molecule has 191 valence electrons. The topological polar surface area (TPSA) is 126 Å². The summed E-state index contributed by atoms with van der Waals surface area (Å²) in [6.45, 7) is 3.67. The van der Waals surface area contributed by atoms with Gasteiger partial charge in [-0.25, -0.2) is 9.37 Å². The van der Waals surface area contributed by atoms with Crippen LogP contribution in [0.5, 0.6) is 5.75 Å². The molecule has 38 heavy (non-hydrogen) atoms. The zero-order valence-corrected chi connectivity index (χ0v) is 20.3. The van der Waals surface area contributed by atoms with E-state index in [-0.39, 0.29) is 47.8 Å². The molecule has 0 bridgehead atoms. The SMILES string of the molecule is [CH2]CNC(=O)c1cccc(-c2cc(-c3ccc(F)cc3OCOC)nc(NC(=O)c3ccco3)c2C#N)c1. The maximum Gasteiger partial charge on any atom is 0.292 e. The van der Waals surface area contributed by atoms with E-state index in [1.54, 1.807) is 36.4 Å². The van der Waals surface area contributed by atoms with Gasteiger partial charge >= 0.3 is 0 Å². The second kappa shape index (κ2) is 11.8. The maximum absolute atomic E-state index is 14.1. The van der Waals surface area contributed by atoms with Crippen LogP contribution in [0.2, 0.25) is 0 Å². The minimum atomic E-state index is -0.624. The first-order valence-electron chi connectivity index (χ1n) is 11.3. The van der Waals surface area contributed by atoms with Gasteiger partial charge in [-0.2, -0.15) is 5.26 Å². The van der Waals surface area contributed by atoms with E-state index in [2.05, 4.69) is 28.6 Å². The number of amides is 2. The van der Waals surface area contributed by atoms with E-state index in [9.17, 15) is 19.2 Å². The summed E-state index contributed by atoms with van der Waals surface area (Å²) in [4.78, 5) is 29.7. The molecular formula is C28H22FN4O5. The number of benzene rings is 2. The number of ether oxygens (including phenoxy) is 2. The van der Waals surface area contributed by atoms with Gasteiger partial charge < -0.3 is 24.5 Å². The summed E-state index contributed by atoms with van der Waals surface area (Å²) in [7, 11) is 1.43. The van der Waals surface area contributed by atoms with Crippen LogP contribution in [0.25, 0.3) is 22.4 Å². The highest BCUT2D eigenvalue weighted by molar-refractivity contribution is 6.03. The van der Waals surface area contributed by atoms with Crippen LogP contribution in [0.3, 0.4) is 0 Å². The van der Waals surface area contributed by atoms with Crippen molar-refractivity contribution in [3.63, 3.8) is 0 Å². The number of hydrogen-bond donors (Lipinski definition) is 2. The number of nitrogens with zero attached hydrogens (tertiary/aromatic N) is 2. The number of halogens is 1. The van der Waals surface area contributed by atoms with E-state index in [1.807, 2.05) is 0 Å². The third-order valence-electron chi connectivity index (χ3n) is 5.38. The van der Waals surface area contributed by atoms with Crippen LogP contribution in [0, 0.1) is 24.1 Å². The molecule has 0 fully saturated rings. The molecule has 2 amide bonds. The van der Waals surface area contributed by atoms with Crippen molar-refractivity contribution >= 4 is 17.6 Å². The molecule has 1 radical (unpaired) electrons. The molecule has 9 nitrogen and oxygen atoms in total. The van der Waals surface area contributed by atoms with Crippen LogP contribution in [-0.4, -0.2) is 37.2 Å². The van der Waals surface area contributed by atoms with Crippen LogP contribution >= 0.6 is 0 Å². The molecular weight excluding hydrogens is 491 g/mol. The van der Waals surface area contributed by atoms with Crippen molar-refractivity contribution in [1.29, 1.82) is 5.26 Å². The number of nitriles is 1. The summed E-state index contributed by atoms with van der Waals surface area (Å²) in [5, 5.41) is 15.3. The van der Waals surface area contributed by atoms with Gasteiger partial charge in [0, 0.05) is 36.4 Å². The van der Waals surface area contributed by atoms with Gasteiger partial charge in [0.05, 0.1) is 12.0 Å². The molecule has 0 atom stereocenters. The summed E-state index contributed by atoms with van der Waals surface area (Å²) in [5.74, 6) is -1.40. The molecule has 0 spiro atoms. The molecule has 2 aromatic carbocycles. The smallest absolute Gasteiger partial charge is 0.292 e. The molecule has 0 aliphatic carbocycles. The second-order valence-corrected chi connectivity index (χ2v) is 7.85. The van der Waals surface area contributed by atoms with Crippen LogP contribution in [-0.2, 0) is 4.74 Å². The lowest BCUT2D eigenvalue weighted by atomic mass is 9.96. The summed E-state index contributed by atoms with van der Waals surface area (Å²) in [6.07, 6.45) is 1.34. The Morgan fingerprint density at radius 3 is 2.66 bits per heavy atom. The predicted octanol–water partition coefficient (Wildman–Crippen LogP) is 4.82. The normalized spacial score (nSPS) is 10.5. The van der Waals surface area contributed by atoms with Crippen molar-refractivity contribution in [1.82, 2.24) is 10.3 Å². The van der Waals surface area contributed by atoms with Gasteiger partial charge in [-0.15, -0.1) is 0 Å². The van der Waals surface area contributed by atoms with E-state index in [0.717, 1.165) is 0 Å². The molecule has 4 rings (SSSR count). The molecule has 0 saturated heterocycles. The Morgan fingerprint density at radius 2 is 1.95 bits per heavy atom. The van der Waals surface area contributed by atoms with Gasteiger partial charge in [-0.05, 0) is 55.0 Å². The zero-order valence-electron chi connectivity index (χ0n) is 20.3. The number of nitrogens with one attached hydrogen (secondary N) is 2. The average molecular weight is 514 g/mol. The van der Waals surface area contributed by atoms with Crippen molar-refractivity contribution in [2.75, 3.05) is 25.8 Å². The quantitative estimate of drug-likeness (QED) is 0.307. The highest BCUT2D eigenvalue weighted by atomic mass is 19.1. The molecule has 2 N–H and O–H groups in total. The number of aromatic nitrogens is 1. The molecule has 10 heteroatoms. The zero-order chi connectivity index (χ0) is 27.1. The number of carbonyl (C=O) groups excluding carboxylic acids is 2. The molecule has 2 heterocycles. The summed E-state index contributed by atoms with van der Waals surface area (Å²) >= 11 is 0. The third kappa shape index (κ3) is 5.69. The molecule has 0 saturated carbocycles. The standard InChI is InChI=1S/C28H22FN4O5/c1-3-31-27(34)18-7-4-6-17(12-18)21-14-23(20-10-9-19(29)13-25(20)38-16-36-2)32-26(22(21)15-30)33-28(35)24-8-5-11-37-24/h4-14H,1,3,16H2,2H3,(H,31,34)(H,32,33,35). The van der Waals surface area contributed by atoms with Gasteiger partial charge in [0.15, 0.2) is 18.4 Å². The number of carbonyl (C=O) groups is 2. The minimum absolute atomic E-state index is 0.0142. The van der Waals surface area contributed by atoms with Gasteiger partial charge in [0.25, 0.3) is 11.8 Å². The van der Waals surface area contributed by atoms with Crippen molar-refractivity contribution in [2.24, 2.45) is 0 Å². The molecule has 0 aliphatic heterocycles. The summed E-state index contributed by atoms with van der Waals surface area (Å²) in [6, 6.07) is 17.2. The molecule has 2 aromatic heterocycles. The van der Waals surface area contributed by atoms with Gasteiger partial charge in [0.2, 0.25) is 0 Å². The lowest BCUT2D eigenvalue weighted by Gasteiger charge is -2.16. The third-order valence-corrected chi connectivity index (χ3v) is 5.38. The highest BCUT2D eigenvalue weighted by Gasteiger charge is 2.21. The Hall–Kier alpha value is -5.01. The largest absolute Gasteiger partial charge is 0.467 e. The van der Waals surface area contributed by atoms with Crippen molar-refractivity contribution in [3.05, 3.63) is 96.6 Å². The van der Waals surface area contributed by atoms with Crippen LogP contribution in [0.1, 0.15) is 26.5 Å². The lowest BCUT2D eigenvalue weighted by Crippen LogP contribution is -2.22. The van der Waals surface area contributed by atoms with E-state index in [0.29, 0.717) is 22.3 Å². The summed E-state index contributed by atoms with van der Waals surface area (Å²) < 4.78 is 29.7. The molecule has 0 unspecified atom stereocenters. The first kappa shape index (κ1) is 26.1. The molecule has 0 aliphatic rings. The monoisotopic (exact) mass is 513 g/mol. The Bertz CT molecular complexity index is 1510. The number of rotatable bonds is 9. The molecule has 4 aromatic rings. The minimum Gasteiger partial charge on any atom is -0.467 e. The predicted molar refractivity (Wildman–Crippen MR) is 137 cm³/mol. The van der Waals surface area contributed by atoms with Crippen LogP contribution in [0.15, 0.2) is 71.3 Å². The number of methoxy groups -OCH3 is 1. The number of pyridine rings is 1. The maximum atomic E-state index is 14.1. The number of furan rings is 1. The average Bonchev–Trinajstić information content (AvgIpc) is 3.47. The fraction of sp³-hybridized carbons (Fsp3) is 0.107. The van der Waals surface area contributed by atoms with Crippen molar-refractivity contribution < 1.29 is 27.9 Å². The van der Waals surface area contributed by atoms with E-state index < -0.39 is 11.7 Å². The first-order chi connectivity index (χ1) is 18.4. The first-order valence-corrected chi connectivity index (χ1v) is 11.3. The summed E-state index contributed by atoms with van der Waals surface area (Å²) in [5.41, 5.74) is 1.93. The van der Waals surface area contributed by atoms with Crippen molar-refractivity contribution in [3.8, 4) is 34.2 Å². The fourth-order valence-electron chi connectivity index (χ4n) is 3.68. The van der Waals surface area contributed by atoms with Crippen LogP contribution < -0.4 is 15.4 Å². The fourth-order valence-corrected chi connectivity index (χ4v) is 3.68. The van der Waals surface area contributed by atoms with E-state index >= 15 is 0 Å².